The van der Waals surface area contributed by atoms with E-state index in [1.807, 2.05) is 19.1 Å². The van der Waals surface area contributed by atoms with Crippen LogP contribution in [-0.2, 0) is 0 Å². The molecule has 0 aliphatic rings. The minimum atomic E-state index is 0.134. The van der Waals surface area contributed by atoms with E-state index in [0.717, 1.165) is 11.1 Å². The van der Waals surface area contributed by atoms with Crippen molar-refractivity contribution in [3.63, 3.8) is 0 Å². The van der Waals surface area contributed by atoms with Gasteiger partial charge in [-0.05, 0) is 25.0 Å². The summed E-state index contributed by atoms with van der Waals surface area (Å²) in [6.45, 7) is 5.46. The van der Waals surface area contributed by atoms with Crippen LogP contribution >= 0.6 is 0 Å². The molecule has 0 spiro atoms. The lowest BCUT2D eigenvalue weighted by Crippen LogP contribution is -2.03. The monoisotopic (exact) mass is 189 g/mol. The molecule has 0 fully saturated rings. The largest absolute Gasteiger partial charge is 0.398 e. The molecular weight excluding hydrogens is 174 g/mol. The molecule has 0 saturated heterocycles. The van der Waals surface area contributed by atoms with Crippen molar-refractivity contribution >= 4 is 11.5 Å². The maximum Gasteiger partial charge on any atom is 0.163 e. The zero-order valence-corrected chi connectivity index (χ0v) is 8.42. The van der Waals surface area contributed by atoms with E-state index in [2.05, 4.69) is 6.58 Å². The molecule has 14 heavy (non-hydrogen) atoms. The summed E-state index contributed by atoms with van der Waals surface area (Å²) in [6, 6.07) is 5.43. The van der Waals surface area contributed by atoms with E-state index in [4.69, 9.17) is 5.73 Å². The standard InChI is InChI=1S/C12H15NO/c1-3-4-8-12(14)10-6-5-7-11(13)9(10)2/h3,5-7H,1,4,8,13H2,2H3. The molecule has 0 bridgehead atoms. The highest BCUT2D eigenvalue weighted by atomic mass is 16.1. The number of carbonyl (C=O) groups excluding carboxylic acids is 1. The first-order valence-electron chi connectivity index (χ1n) is 4.66. The first-order valence-corrected chi connectivity index (χ1v) is 4.66. The van der Waals surface area contributed by atoms with Gasteiger partial charge in [-0.25, -0.2) is 0 Å². The maximum absolute atomic E-state index is 11.7. The van der Waals surface area contributed by atoms with Crippen molar-refractivity contribution in [3.05, 3.63) is 42.0 Å². The predicted molar refractivity (Wildman–Crippen MR) is 59.4 cm³/mol. The summed E-state index contributed by atoms with van der Waals surface area (Å²) in [6.07, 6.45) is 2.97. The molecule has 0 amide bonds. The van der Waals surface area contributed by atoms with E-state index < -0.39 is 0 Å². The molecule has 0 atom stereocenters. The summed E-state index contributed by atoms with van der Waals surface area (Å²) in [7, 11) is 0. The second-order valence-corrected chi connectivity index (χ2v) is 3.27. The quantitative estimate of drug-likeness (QED) is 0.449. The third-order valence-corrected chi connectivity index (χ3v) is 2.25. The van der Waals surface area contributed by atoms with Gasteiger partial charge in [0, 0.05) is 17.7 Å². The summed E-state index contributed by atoms with van der Waals surface area (Å²) in [5.41, 5.74) is 8.00. The zero-order valence-electron chi connectivity index (χ0n) is 8.42. The lowest BCUT2D eigenvalue weighted by Gasteiger charge is -2.06. The Morgan fingerprint density at radius 3 is 2.93 bits per heavy atom. The fourth-order valence-corrected chi connectivity index (χ4v) is 1.32. The molecule has 2 nitrogen and oxygen atoms in total. The van der Waals surface area contributed by atoms with Crippen LogP contribution in [0.2, 0.25) is 0 Å². The van der Waals surface area contributed by atoms with Crippen LogP contribution in [0.4, 0.5) is 5.69 Å². The summed E-state index contributed by atoms with van der Waals surface area (Å²) in [5.74, 6) is 0.134. The molecule has 0 aromatic heterocycles. The van der Waals surface area contributed by atoms with Crippen molar-refractivity contribution in [1.29, 1.82) is 0 Å². The van der Waals surface area contributed by atoms with Crippen molar-refractivity contribution in [1.82, 2.24) is 0 Å². The van der Waals surface area contributed by atoms with Gasteiger partial charge in [-0.3, -0.25) is 4.79 Å². The van der Waals surface area contributed by atoms with E-state index >= 15 is 0 Å². The van der Waals surface area contributed by atoms with Crippen LogP contribution in [0.5, 0.6) is 0 Å². The van der Waals surface area contributed by atoms with Gasteiger partial charge in [0.1, 0.15) is 0 Å². The van der Waals surface area contributed by atoms with E-state index in [0.29, 0.717) is 18.5 Å². The first kappa shape index (κ1) is 10.5. The fourth-order valence-electron chi connectivity index (χ4n) is 1.32. The predicted octanol–water partition coefficient (Wildman–Crippen LogP) is 2.73. The van der Waals surface area contributed by atoms with Gasteiger partial charge in [0.25, 0.3) is 0 Å². The lowest BCUT2D eigenvalue weighted by molar-refractivity contribution is 0.0983. The number of hydrogen-bond donors (Lipinski definition) is 1. The SMILES string of the molecule is C=CCCC(=O)c1cccc(N)c1C. The van der Waals surface area contributed by atoms with Crippen molar-refractivity contribution in [2.45, 2.75) is 19.8 Å². The number of ketones is 1. The number of carbonyl (C=O) groups is 1. The summed E-state index contributed by atoms with van der Waals surface area (Å²) >= 11 is 0. The van der Waals surface area contributed by atoms with Gasteiger partial charge in [0.15, 0.2) is 5.78 Å². The highest BCUT2D eigenvalue weighted by Crippen LogP contribution is 2.17. The Morgan fingerprint density at radius 2 is 2.29 bits per heavy atom. The van der Waals surface area contributed by atoms with Crippen LogP contribution in [0.25, 0.3) is 0 Å². The van der Waals surface area contributed by atoms with Gasteiger partial charge >= 0.3 is 0 Å². The Bertz CT molecular complexity index is 355. The highest BCUT2D eigenvalue weighted by Gasteiger charge is 2.08. The van der Waals surface area contributed by atoms with Crippen LogP contribution < -0.4 is 5.73 Å². The van der Waals surface area contributed by atoms with Crippen molar-refractivity contribution in [2.75, 3.05) is 5.73 Å². The average molecular weight is 189 g/mol. The number of Topliss-reactive ketones (excluding diaryl/α,β-unsaturated/α-hetero) is 1. The van der Waals surface area contributed by atoms with Crippen molar-refractivity contribution in [2.24, 2.45) is 0 Å². The lowest BCUT2D eigenvalue weighted by atomic mass is 10.0. The Labute approximate surface area is 84.4 Å². The summed E-state index contributed by atoms with van der Waals surface area (Å²) in [4.78, 5) is 11.7. The smallest absolute Gasteiger partial charge is 0.163 e. The normalized spacial score (nSPS) is 9.79. The summed E-state index contributed by atoms with van der Waals surface area (Å²) < 4.78 is 0. The van der Waals surface area contributed by atoms with Crippen LogP contribution in [0.3, 0.4) is 0 Å². The molecule has 0 saturated carbocycles. The third kappa shape index (κ3) is 2.22. The number of anilines is 1. The molecule has 0 heterocycles. The average Bonchev–Trinajstić information content (AvgIpc) is 2.18. The fraction of sp³-hybridized carbons (Fsp3) is 0.250. The summed E-state index contributed by atoms with van der Waals surface area (Å²) in [5, 5.41) is 0. The Morgan fingerprint density at radius 1 is 1.57 bits per heavy atom. The van der Waals surface area contributed by atoms with Crippen molar-refractivity contribution in [3.8, 4) is 0 Å². The molecule has 74 valence electrons. The molecule has 0 aliphatic carbocycles. The number of benzene rings is 1. The van der Waals surface area contributed by atoms with Crippen LogP contribution in [0.15, 0.2) is 30.9 Å². The van der Waals surface area contributed by atoms with Crippen LogP contribution in [0.1, 0.15) is 28.8 Å². The zero-order chi connectivity index (χ0) is 10.6. The van der Waals surface area contributed by atoms with Gasteiger partial charge in [-0.15, -0.1) is 6.58 Å². The second kappa shape index (κ2) is 4.61. The van der Waals surface area contributed by atoms with E-state index in [1.54, 1.807) is 12.1 Å². The molecule has 1 rings (SSSR count). The first-order chi connectivity index (χ1) is 6.66. The molecule has 2 heteroatoms. The Kier molecular flexibility index (Phi) is 3.46. The highest BCUT2D eigenvalue weighted by molar-refractivity contribution is 5.98. The van der Waals surface area contributed by atoms with Gasteiger partial charge in [-0.2, -0.15) is 0 Å². The number of nitrogens with two attached hydrogens (primary N) is 1. The van der Waals surface area contributed by atoms with Gasteiger partial charge in [-0.1, -0.05) is 18.2 Å². The molecular formula is C12H15NO. The topological polar surface area (TPSA) is 43.1 Å². The molecule has 0 radical (unpaired) electrons. The third-order valence-electron chi connectivity index (χ3n) is 2.25. The molecule has 0 aliphatic heterocycles. The maximum atomic E-state index is 11.7. The number of allylic oxidation sites excluding steroid dienone is 1. The number of rotatable bonds is 4. The minimum absolute atomic E-state index is 0.134. The number of nitrogen functional groups attached to an aromatic ring is 1. The van der Waals surface area contributed by atoms with Crippen LogP contribution in [-0.4, -0.2) is 5.78 Å². The van der Waals surface area contributed by atoms with Crippen molar-refractivity contribution < 1.29 is 4.79 Å². The van der Waals surface area contributed by atoms with Gasteiger partial charge < -0.3 is 5.73 Å². The number of hydrogen-bond acceptors (Lipinski definition) is 2. The molecule has 1 aromatic carbocycles. The van der Waals surface area contributed by atoms with E-state index in [1.165, 1.54) is 0 Å². The van der Waals surface area contributed by atoms with E-state index in [9.17, 15) is 4.79 Å². The van der Waals surface area contributed by atoms with Gasteiger partial charge in [0.2, 0.25) is 0 Å². The van der Waals surface area contributed by atoms with E-state index in [-0.39, 0.29) is 5.78 Å². The Balaban J connectivity index is 2.89. The molecule has 0 unspecified atom stereocenters. The Hall–Kier alpha value is -1.57. The molecule has 2 N–H and O–H groups in total. The van der Waals surface area contributed by atoms with Gasteiger partial charge in [0.05, 0.1) is 0 Å². The second-order valence-electron chi connectivity index (χ2n) is 3.27. The molecule has 1 aromatic rings. The van der Waals surface area contributed by atoms with Crippen LogP contribution in [0, 0.1) is 6.92 Å². The minimum Gasteiger partial charge on any atom is -0.398 e.